The lowest BCUT2D eigenvalue weighted by atomic mass is 10.0. The molecule has 1 N–H and O–H groups in total. The van der Waals surface area contributed by atoms with Gasteiger partial charge in [-0.3, -0.25) is 14.6 Å². The molecule has 0 spiro atoms. The number of H-pyrrole nitrogens is 1. The molecule has 1 aliphatic rings. The Balaban J connectivity index is 1.64. The van der Waals surface area contributed by atoms with Crippen LogP contribution in [0.3, 0.4) is 0 Å². The Morgan fingerprint density at radius 2 is 2.00 bits per heavy atom. The summed E-state index contributed by atoms with van der Waals surface area (Å²) in [5.41, 5.74) is 1.85. The summed E-state index contributed by atoms with van der Waals surface area (Å²) in [6.07, 6.45) is -5.14. The van der Waals surface area contributed by atoms with Gasteiger partial charge in [0.1, 0.15) is 0 Å². The molecule has 0 unspecified atom stereocenters. The van der Waals surface area contributed by atoms with Crippen LogP contribution in [0.15, 0.2) is 24.3 Å². The van der Waals surface area contributed by atoms with Crippen LogP contribution in [-0.4, -0.2) is 56.1 Å². The third-order valence-electron chi connectivity index (χ3n) is 5.17. The number of benzene rings is 1. The van der Waals surface area contributed by atoms with Gasteiger partial charge in [-0.25, -0.2) is 4.79 Å². The highest BCUT2D eigenvalue weighted by Crippen LogP contribution is 2.28. The van der Waals surface area contributed by atoms with Crippen LogP contribution in [0.5, 0.6) is 0 Å². The predicted molar refractivity (Wildman–Crippen MR) is 103 cm³/mol. The molecular weight excluding hydrogens is 415 g/mol. The zero-order chi connectivity index (χ0) is 22.2. The van der Waals surface area contributed by atoms with Crippen LogP contribution in [0.2, 0.25) is 0 Å². The number of esters is 1. The lowest BCUT2D eigenvalue weighted by molar-refractivity contribution is -0.137. The van der Waals surface area contributed by atoms with Crippen molar-refractivity contribution in [2.45, 2.75) is 39.0 Å². The number of aromatic nitrogens is 4. The molecule has 0 bridgehead atoms. The van der Waals surface area contributed by atoms with Crippen LogP contribution in [0.4, 0.5) is 13.2 Å². The number of ether oxygens (including phenoxy) is 1. The molecule has 31 heavy (non-hydrogen) atoms. The number of halogens is 3. The standard InChI is InChI=1S/C20H20F3N5O3/c1-2-31-19(30)17-13-11-27(9-7-15(13)28(26-17)10-8-20(21,22)23)18(29)16-12-5-3-4-6-14(12)24-25-16/h3-6H,2,7-11H2,1H3,(H,24,25). The topological polar surface area (TPSA) is 93.1 Å². The summed E-state index contributed by atoms with van der Waals surface area (Å²) >= 11 is 0. The minimum Gasteiger partial charge on any atom is -0.461 e. The minimum absolute atomic E-state index is 0.0372. The van der Waals surface area contributed by atoms with Crippen LogP contribution < -0.4 is 0 Å². The van der Waals surface area contributed by atoms with Crippen LogP contribution in [-0.2, 0) is 24.2 Å². The number of fused-ring (bicyclic) bond motifs is 2. The molecule has 3 aromatic rings. The first-order valence-electron chi connectivity index (χ1n) is 9.83. The minimum atomic E-state index is -4.35. The van der Waals surface area contributed by atoms with Gasteiger partial charge in [0.05, 0.1) is 25.1 Å². The number of rotatable bonds is 5. The molecule has 3 heterocycles. The van der Waals surface area contributed by atoms with E-state index in [1.807, 2.05) is 6.07 Å². The summed E-state index contributed by atoms with van der Waals surface area (Å²) in [6, 6.07) is 7.20. The second kappa shape index (κ2) is 8.05. The SMILES string of the molecule is CCOC(=O)c1nn(CCC(F)(F)F)c2c1CN(C(=O)c1n[nH]c3ccccc13)CC2. The molecule has 11 heteroatoms. The van der Waals surface area contributed by atoms with Crippen molar-refractivity contribution in [2.24, 2.45) is 0 Å². The molecule has 0 saturated heterocycles. The Hall–Kier alpha value is -3.37. The molecule has 2 aromatic heterocycles. The highest BCUT2D eigenvalue weighted by Gasteiger charge is 2.34. The van der Waals surface area contributed by atoms with E-state index in [0.717, 1.165) is 5.52 Å². The average Bonchev–Trinajstić information content (AvgIpc) is 3.33. The highest BCUT2D eigenvalue weighted by molar-refractivity contribution is 6.04. The Bertz CT molecular complexity index is 1130. The molecule has 1 amide bonds. The van der Waals surface area contributed by atoms with E-state index < -0.39 is 25.1 Å². The zero-order valence-electron chi connectivity index (χ0n) is 16.7. The number of aryl methyl sites for hydroxylation is 1. The van der Waals surface area contributed by atoms with Crippen molar-refractivity contribution >= 4 is 22.8 Å². The fraction of sp³-hybridized carbons (Fsp3) is 0.400. The number of hydrogen-bond donors (Lipinski definition) is 1. The van der Waals surface area contributed by atoms with E-state index in [-0.39, 0.29) is 43.4 Å². The van der Waals surface area contributed by atoms with Crippen LogP contribution in [0.25, 0.3) is 10.9 Å². The molecule has 0 saturated carbocycles. The lowest BCUT2D eigenvalue weighted by Gasteiger charge is -2.27. The number of para-hydroxylation sites is 1. The fourth-order valence-electron chi connectivity index (χ4n) is 3.72. The van der Waals surface area contributed by atoms with Crippen LogP contribution >= 0.6 is 0 Å². The van der Waals surface area contributed by atoms with Gasteiger partial charge >= 0.3 is 12.1 Å². The number of carbonyl (C=O) groups excluding carboxylic acids is 2. The van der Waals surface area contributed by atoms with Gasteiger partial charge in [-0.05, 0) is 13.0 Å². The average molecular weight is 435 g/mol. The quantitative estimate of drug-likeness (QED) is 0.622. The molecule has 0 fully saturated rings. The highest BCUT2D eigenvalue weighted by atomic mass is 19.4. The predicted octanol–water partition coefficient (Wildman–Crippen LogP) is 3.09. The van der Waals surface area contributed by atoms with E-state index in [0.29, 0.717) is 16.6 Å². The largest absolute Gasteiger partial charge is 0.461 e. The van der Waals surface area contributed by atoms with E-state index in [4.69, 9.17) is 4.74 Å². The molecule has 164 valence electrons. The molecule has 8 nitrogen and oxygen atoms in total. The smallest absolute Gasteiger partial charge is 0.390 e. The van der Waals surface area contributed by atoms with Crippen molar-refractivity contribution in [1.82, 2.24) is 24.9 Å². The van der Waals surface area contributed by atoms with Gasteiger partial charge in [-0.2, -0.15) is 23.4 Å². The first-order valence-corrected chi connectivity index (χ1v) is 9.83. The van der Waals surface area contributed by atoms with Gasteiger partial charge in [0, 0.05) is 36.2 Å². The Morgan fingerprint density at radius 3 is 2.74 bits per heavy atom. The van der Waals surface area contributed by atoms with Crippen molar-refractivity contribution < 1.29 is 27.5 Å². The molecular formula is C20H20F3N5O3. The molecule has 0 atom stereocenters. The number of carbonyl (C=O) groups is 2. The second-order valence-corrected chi connectivity index (χ2v) is 7.18. The molecule has 1 aliphatic heterocycles. The summed E-state index contributed by atoms with van der Waals surface area (Å²) in [5.74, 6) is -1.05. The maximum atomic E-state index is 13.1. The van der Waals surface area contributed by atoms with Crippen molar-refractivity contribution in [3.05, 3.63) is 46.9 Å². The maximum absolute atomic E-state index is 13.1. The van der Waals surface area contributed by atoms with E-state index in [1.54, 1.807) is 25.1 Å². The van der Waals surface area contributed by atoms with Crippen molar-refractivity contribution in [3.63, 3.8) is 0 Å². The van der Waals surface area contributed by atoms with Gasteiger partial charge in [0.2, 0.25) is 0 Å². The lowest BCUT2D eigenvalue weighted by Crippen LogP contribution is -2.37. The monoisotopic (exact) mass is 435 g/mol. The van der Waals surface area contributed by atoms with Crippen molar-refractivity contribution in [3.8, 4) is 0 Å². The molecule has 4 rings (SSSR count). The number of alkyl halides is 3. The van der Waals surface area contributed by atoms with Crippen LogP contribution in [0.1, 0.15) is 45.6 Å². The van der Waals surface area contributed by atoms with Crippen molar-refractivity contribution in [1.29, 1.82) is 0 Å². The van der Waals surface area contributed by atoms with Crippen molar-refractivity contribution in [2.75, 3.05) is 13.2 Å². The number of aromatic amines is 1. The summed E-state index contributed by atoms with van der Waals surface area (Å²) < 4.78 is 44.4. The fourth-order valence-corrected chi connectivity index (χ4v) is 3.72. The van der Waals surface area contributed by atoms with Crippen LogP contribution in [0, 0.1) is 0 Å². The Morgan fingerprint density at radius 1 is 1.23 bits per heavy atom. The maximum Gasteiger partial charge on any atom is 0.390 e. The summed E-state index contributed by atoms with van der Waals surface area (Å²) in [4.78, 5) is 27.0. The Kier molecular flexibility index (Phi) is 5.42. The molecule has 0 aliphatic carbocycles. The normalized spacial score (nSPS) is 14.0. The van der Waals surface area contributed by atoms with Gasteiger partial charge in [0.15, 0.2) is 11.4 Å². The Labute approximate surface area is 175 Å². The summed E-state index contributed by atoms with van der Waals surface area (Å²) in [6.45, 7) is 1.64. The van der Waals surface area contributed by atoms with Gasteiger partial charge in [-0.15, -0.1) is 0 Å². The summed E-state index contributed by atoms with van der Waals surface area (Å²) in [5, 5.41) is 11.7. The molecule has 1 aromatic carbocycles. The third kappa shape index (κ3) is 4.12. The van der Waals surface area contributed by atoms with Gasteiger partial charge in [-0.1, -0.05) is 18.2 Å². The summed E-state index contributed by atoms with van der Waals surface area (Å²) in [7, 11) is 0. The van der Waals surface area contributed by atoms with E-state index >= 15 is 0 Å². The van der Waals surface area contributed by atoms with E-state index in [2.05, 4.69) is 15.3 Å². The first-order chi connectivity index (χ1) is 14.8. The second-order valence-electron chi connectivity index (χ2n) is 7.18. The number of nitrogens with zero attached hydrogens (tertiary/aromatic N) is 4. The van der Waals surface area contributed by atoms with Gasteiger partial charge < -0.3 is 9.64 Å². The number of nitrogens with one attached hydrogen (secondary N) is 1. The van der Waals surface area contributed by atoms with E-state index in [9.17, 15) is 22.8 Å². The van der Waals surface area contributed by atoms with E-state index in [1.165, 1.54) is 9.58 Å². The molecule has 0 radical (unpaired) electrons. The number of hydrogen-bond acceptors (Lipinski definition) is 5. The number of amides is 1. The van der Waals surface area contributed by atoms with Gasteiger partial charge in [0.25, 0.3) is 5.91 Å². The third-order valence-corrected chi connectivity index (χ3v) is 5.17. The zero-order valence-corrected chi connectivity index (χ0v) is 16.7. The first kappa shape index (κ1) is 20.9.